The highest BCUT2D eigenvalue weighted by molar-refractivity contribution is 6.23. The van der Waals surface area contributed by atoms with Crippen LogP contribution in [0.15, 0.2) is 237 Å². The molecule has 1 spiro atoms. The molecule has 2 heterocycles. The monoisotopic (exact) mass is 861 g/mol. The number of hydrogen-bond acceptors (Lipinski definition) is 2. The van der Waals surface area contributed by atoms with Crippen molar-refractivity contribution in [2.24, 2.45) is 0 Å². The second-order valence-corrected chi connectivity index (χ2v) is 18.4. The summed E-state index contributed by atoms with van der Waals surface area (Å²) in [4.78, 5) is 10.6. The lowest BCUT2D eigenvalue weighted by Crippen LogP contribution is -2.26. The van der Waals surface area contributed by atoms with Gasteiger partial charge in [-0.15, -0.1) is 0 Å². The van der Waals surface area contributed by atoms with Crippen LogP contribution in [-0.2, 0) is 5.41 Å². The standard InChI is InChI=1S/C65H39N3/c1-2-14-45(15-3-1)68-61-25-13-10-20-52(61)53-35-31-43(38-62(53)68)41-28-26-40(27-29-41)42-30-33-50-51-34-32-44(60-39-66-63-54-21-6-4-16-46(54)47-17-5-7-22-55(47)64(63)67-60)37-59(51)65(58(50)36-42)56-23-11-8-18-48(56)49-19-9-12-24-57(49)65/h1-39H. The topological polar surface area (TPSA) is 30.7 Å². The second kappa shape index (κ2) is 14.0. The molecule has 2 aromatic heterocycles. The summed E-state index contributed by atoms with van der Waals surface area (Å²) >= 11 is 0. The first-order chi connectivity index (χ1) is 33.7. The van der Waals surface area contributed by atoms with Crippen molar-refractivity contribution in [3.63, 3.8) is 0 Å². The Morgan fingerprint density at radius 2 is 0.779 bits per heavy atom. The lowest BCUT2D eigenvalue weighted by atomic mass is 9.70. The van der Waals surface area contributed by atoms with E-state index in [0.717, 1.165) is 38.8 Å². The van der Waals surface area contributed by atoms with Crippen molar-refractivity contribution in [1.29, 1.82) is 0 Å². The number of nitrogens with zero attached hydrogens (tertiary/aromatic N) is 3. The first kappa shape index (κ1) is 37.3. The highest BCUT2D eigenvalue weighted by atomic mass is 15.0. The molecule has 0 fully saturated rings. The Hall–Kier alpha value is -8.92. The molecule has 0 N–H and O–H groups in total. The van der Waals surface area contributed by atoms with Crippen molar-refractivity contribution >= 4 is 54.4 Å². The normalized spacial score (nSPS) is 13.1. The van der Waals surface area contributed by atoms with Crippen molar-refractivity contribution in [2.75, 3.05) is 0 Å². The zero-order valence-corrected chi connectivity index (χ0v) is 36.9. The number of hydrogen-bond donors (Lipinski definition) is 0. The summed E-state index contributed by atoms with van der Waals surface area (Å²) in [5.74, 6) is 0. The van der Waals surface area contributed by atoms with Gasteiger partial charge in [0.15, 0.2) is 0 Å². The average Bonchev–Trinajstić information content (AvgIpc) is 4.02. The number of rotatable bonds is 4. The van der Waals surface area contributed by atoms with E-state index in [4.69, 9.17) is 9.97 Å². The molecular weight excluding hydrogens is 823 g/mol. The third-order valence-corrected chi connectivity index (χ3v) is 15.1. The summed E-state index contributed by atoms with van der Waals surface area (Å²) in [6.45, 7) is 0. The summed E-state index contributed by atoms with van der Waals surface area (Å²) in [6.07, 6.45) is 1.97. The van der Waals surface area contributed by atoms with Gasteiger partial charge in [0, 0.05) is 32.8 Å². The number of aromatic nitrogens is 3. The van der Waals surface area contributed by atoms with E-state index in [1.165, 1.54) is 99.3 Å². The van der Waals surface area contributed by atoms with Crippen LogP contribution < -0.4 is 0 Å². The lowest BCUT2D eigenvalue weighted by molar-refractivity contribution is 0.794. The molecule has 2 aliphatic rings. The van der Waals surface area contributed by atoms with Gasteiger partial charge in [-0.25, -0.2) is 4.98 Å². The minimum Gasteiger partial charge on any atom is -0.309 e. The summed E-state index contributed by atoms with van der Waals surface area (Å²) in [6, 6.07) is 84.8. The van der Waals surface area contributed by atoms with Gasteiger partial charge in [-0.1, -0.05) is 194 Å². The van der Waals surface area contributed by atoms with E-state index in [-0.39, 0.29) is 0 Å². The Balaban J connectivity index is 0.878. The highest BCUT2D eigenvalue weighted by Gasteiger charge is 2.51. The Morgan fingerprint density at radius 3 is 1.46 bits per heavy atom. The molecule has 0 atom stereocenters. The van der Waals surface area contributed by atoms with Gasteiger partial charge in [0.25, 0.3) is 0 Å². The van der Waals surface area contributed by atoms with Crippen LogP contribution in [0.4, 0.5) is 0 Å². The van der Waals surface area contributed by atoms with Crippen LogP contribution in [0.1, 0.15) is 22.3 Å². The van der Waals surface area contributed by atoms with Crippen molar-refractivity contribution < 1.29 is 0 Å². The first-order valence-corrected chi connectivity index (χ1v) is 23.5. The molecule has 0 radical (unpaired) electrons. The molecule has 3 heteroatoms. The van der Waals surface area contributed by atoms with Crippen molar-refractivity contribution in [1.82, 2.24) is 14.5 Å². The molecule has 68 heavy (non-hydrogen) atoms. The van der Waals surface area contributed by atoms with Crippen LogP contribution in [0.5, 0.6) is 0 Å². The largest absolute Gasteiger partial charge is 0.309 e. The van der Waals surface area contributed by atoms with Gasteiger partial charge in [-0.05, 0) is 114 Å². The highest BCUT2D eigenvalue weighted by Crippen LogP contribution is 2.63. The Bertz CT molecular complexity index is 4170. The lowest BCUT2D eigenvalue weighted by Gasteiger charge is -2.31. The third-order valence-electron chi connectivity index (χ3n) is 15.1. The van der Waals surface area contributed by atoms with E-state index in [1.54, 1.807) is 0 Å². The molecule has 0 unspecified atom stereocenters. The van der Waals surface area contributed by atoms with Crippen LogP contribution in [0.25, 0.3) is 116 Å². The molecule has 0 aliphatic heterocycles. The van der Waals surface area contributed by atoms with Crippen molar-refractivity contribution in [3.8, 4) is 61.5 Å². The van der Waals surface area contributed by atoms with Crippen LogP contribution in [0.2, 0.25) is 0 Å². The fourth-order valence-corrected chi connectivity index (χ4v) is 12.1. The Morgan fingerprint density at radius 1 is 0.309 bits per heavy atom. The van der Waals surface area contributed by atoms with Crippen molar-refractivity contribution in [2.45, 2.75) is 5.41 Å². The SMILES string of the molecule is c1ccc(-n2c3ccccc3c3ccc(-c4ccc(-c5ccc6c(c5)C5(c7ccccc7-c7ccccc75)c5cc(-c7cnc8c9ccccc9c9ccccc9c8n7)ccc5-6)cc4)cc32)cc1. The molecule has 3 nitrogen and oxygen atoms in total. The second-order valence-electron chi connectivity index (χ2n) is 18.4. The zero-order valence-electron chi connectivity index (χ0n) is 36.9. The molecule has 15 rings (SSSR count). The Kier molecular flexibility index (Phi) is 7.71. The molecule has 314 valence electrons. The number of para-hydroxylation sites is 2. The van der Waals surface area contributed by atoms with Gasteiger partial charge >= 0.3 is 0 Å². The van der Waals surface area contributed by atoms with E-state index >= 15 is 0 Å². The molecule has 0 amide bonds. The van der Waals surface area contributed by atoms with Gasteiger partial charge in [-0.3, -0.25) is 4.98 Å². The average molecular weight is 862 g/mol. The maximum absolute atomic E-state index is 5.46. The van der Waals surface area contributed by atoms with Gasteiger partial charge < -0.3 is 4.57 Å². The molecule has 11 aromatic carbocycles. The summed E-state index contributed by atoms with van der Waals surface area (Å²) in [5.41, 5.74) is 21.9. The minimum absolute atomic E-state index is 0.524. The fraction of sp³-hybridized carbons (Fsp3) is 0.0154. The molecule has 0 saturated carbocycles. The molecule has 0 bridgehead atoms. The van der Waals surface area contributed by atoms with Gasteiger partial charge in [0.05, 0.1) is 39.4 Å². The van der Waals surface area contributed by atoms with Crippen molar-refractivity contribution in [3.05, 3.63) is 259 Å². The summed E-state index contributed by atoms with van der Waals surface area (Å²) < 4.78 is 2.39. The Labute approximate surface area is 392 Å². The first-order valence-electron chi connectivity index (χ1n) is 23.5. The van der Waals surface area contributed by atoms with Crippen LogP contribution >= 0.6 is 0 Å². The summed E-state index contributed by atoms with van der Waals surface area (Å²) in [5, 5.41) is 7.15. The van der Waals surface area contributed by atoms with Gasteiger partial charge in [0.2, 0.25) is 0 Å². The quantitative estimate of drug-likeness (QED) is 0.165. The molecule has 2 aliphatic carbocycles. The van der Waals surface area contributed by atoms with Crippen LogP contribution in [0.3, 0.4) is 0 Å². The number of fused-ring (bicyclic) bond motifs is 19. The number of benzene rings is 11. The maximum Gasteiger partial charge on any atom is 0.0979 e. The van der Waals surface area contributed by atoms with Gasteiger partial charge in [0.1, 0.15) is 0 Å². The van der Waals surface area contributed by atoms with Crippen LogP contribution in [-0.4, -0.2) is 14.5 Å². The van der Waals surface area contributed by atoms with Gasteiger partial charge in [-0.2, -0.15) is 0 Å². The van der Waals surface area contributed by atoms with E-state index in [9.17, 15) is 0 Å². The van der Waals surface area contributed by atoms with E-state index < -0.39 is 5.41 Å². The van der Waals surface area contributed by atoms with E-state index in [2.05, 4.69) is 235 Å². The molecule has 0 saturated heterocycles. The third kappa shape index (κ3) is 5.07. The smallest absolute Gasteiger partial charge is 0.0979 e. The maximum atomic E-state index is 5.46. The minimum atomic E-state index is -0.524. The predicted molar refractivity (Wildman–Crippen MR) is 281 cm³/mol. The summed E-state index contributed by atoms with van der Waals surface area (Å²) in [7, 11) is 0. The predicted octanol–water partition coefficient (Wildman–Crippen LogP) is 16.4. The molecule has 13 aromatic rings. The van der Waals surface area contributed by atoms with Crippen LogP contribution in [0, 0.1) is 0 Å². The van der Waals surface area contributed by atoms with E-state index in [0.29, 0.717) is 0 Å². The molecular formula is C65H39N3. The zero-order chi connectivity index (χ0) is 44.5. The van der Waals surface area contributed by atoms with E-state index in [1.807, 2.05) is 6.20 Å². The fourth-order valence-electron chi connectivity index (χ4n) is 12.1.